The Balaban J connectivity index is 1.87. The number of methoxy groups -OCH3 is 1. The van der Waals surface area contributed by atoms with Crippen molar-refractivity contribution in [3.05, 3.63) is 64.7 Å². The van der Waals surface area contributed by atoms with E-state index in [1.54, 1.807) is 12.0 Å². The monoisotopic (exact) mass is 490 g/mol. The smallest absolute Gasteiger partial charge is 0.247 e. The fourth-order valence-corrected chi connectivity index (χ4v) is 4.62. The van der Waals surface area contributed by atoms with Gasteiger partial charge in [0.25, 0.3) is 0 Å². The minimum Gasteiger partial charge on any atom is -0.497 e. The van der Waals surface area contributed by atoms with E-state index < -0.39 is 6.04 Å². The van der Waals surface area contributed by atoms with Crippen LogP contribution in [0.1, 0.15) is 55.7 Å². The number of hydrogen-bond donors (Lipinski definition) is 1. The highest BCUT2D eigenvalue weighted by Gasteiger charge is 2.32. The number of hydrogen-bond acceptors (Lipinski definition) is 3. The molecule has 2 amide bonds. The highest BCUT2D eigenvalue weighted by molar-refractivity contribution is 6.30. The van der Waals surface area contributed by atoms with Gasteiger partial charge in [0.1, 0.15) is 17.7 Å². The molecule has 1 fully saturated rings. The van der Waals surface area contributed by atoms with E-state index in [9.17, 15) is 9.59 Å². The standard InChI is InChI=1S/C26H32Cl2N2O3/c1-33-23-14-10-20(11-15-23)25(26(32)29-22-6-4-2-3-5-7-22)30(24(31)18-27)17-16-19-8-12-21(28)13-9-19/h8-15,22,25H,2-7,16-18H2,1H3,(H,29,32). The zero-order valence-corrected chi connectivity index (χ0v) is 20.6. The predicted molar refractivity (Wildman–Crippen MR) is 133 cm³/mol. The number of nitrogens with zero attached hydrogens (tertiary/aromatic N) is 1. The maximum absolute atomic E-state index is 13.6. The van der Waals surface area contributed by atoms with E-state index in [-0.39, 0.29) is 23.7 Å². The highest BCUT2D eigenvalue weighted by atomic mass is 35.5. The van der Waals surface area contributed by atoms with Crippen LogP contribution in [0.3, 0.4) is 0 Å². The second kappa shape index (κ2) is 12.9. The van der Waals surface area contributed by atoms with Gasteiger partial charge in [0.05, 0.1) is 7.11 Å². The number of alkyl halides is 1. The lowest BCUT2D eigenvalue weighted by atomic mass is 10.0. The van der Waals surface area contributed by atoms with Crippen molar-refractivity contribution in [2.75, 3.05) is 19.5 Å². The first kappa shape index (κ1) is 25.4. The molecule has 178 valence electrons. The van der Waals surface area contributed by atoms with E-state index in [0.29, 0.717) is 23.7 Å². The molecule has 1 aliphatic carbocycles. The van der Waals surface area contributed by atoms with E-state index in [0.717, 1.165) is 36.8 Å². The van der Waals surface area contributed by atoms with Gasteiger partial charge in [-0.25, -0.2) is 0 Å². The number of nitrogens with one attached hydrogen (secondary N) is 1. The molecular weight excluding hydrogens is 459 g/mol. The van der Waals surface area contributed by atoms with Crippen molar-refractivity contribution in [1.82, 2.24) is 10.2 Å². The first-order valence-corrected chi connectivity index (χ1v) is 12.5. The van der Waals surface area contributed by atoms with Crippen molar-refractivity contribution in [2.24, 2.45) is 0 Å². The van der Waals surface area contributed by atoms with Gasteiger partial charge < -0.3 is 15.0 Å². The molecule has 33 heavy (non-hydrogen) atoms. The Morgan fingerprint density at radius 2 is 1.67 bits per heavy atom. The Kier molecular flexibility index (Phi) is 9.89. The number of carbonyl (C=O) groups is 2. The fourth-order valence-electron chi connectivity index (χ4n) is 4.34. The fraction of sp³-hybridized carbons (Fsp3) is 0.462. The summed E-state index contributed by atoms with van der Waals surface area (Å²) in [6.07, 6.45) is 7.14. The number of benzene rings is 2. The molecule has 0 heterocycles. The molecule has 1 saturated carbocycles. The molecule has 0 radical (unpaired) electrons. The largest absolute Gasteiger partial charge is 0.497 e. The van der Waals surface area contributed by atoms with E-state index in [1.807, 2.05) is 48.5 Å². The van der Waals surface area contributed by atoms with Crippen molar-refractivity contribution in [2.45, 2.75) is 57.0 Å². The second-order valence-electron chi connectivity index (χ2n) is 8.47. The normalized spacial score (nSPS) is 15.4. The van der Waals surface area contributed by atoms with Crippen LogP contribution >= 0.6 is 23.2 Å². The van der Waals surface area contributed by atoms with Gasteiger partial charge in [-0.15, -0.1) is 11.6 Å². The maximum atomic E-state index is 13.6. The Labute approximate surface area is 206 Å². The summed E-state index contributed by atoms with van der Waals surface area (Å²) in [4.78, 5) is 28.1. The first-order valence-electron chi connectivity index (χ1n) is 11.6. The lowest BCUT2D eigenvalue weighted by Gasteiger charge is -2.32. The summed E-state index contributed by atoms with van der Waals surface area (Å²) in [6.45, 7) is 0.363. The number of amides is 2. The molecule has 1 unspecified atom stereocenters. The Bertz CT molecular complexity index is 895. The SMILES string of the molecule is COc1ccc(C(C(=O)NC2CCCCCC2)N(CCc2ccc(Cl)cc2)C(=O)CCl)cc1. The van der Waals surface area contributed by atoms with Gasteiger partial charge in [-0.1, -0.05) is 61.5 Å². The lowest BCUT2D eigenvalue weighted by Crippen LogP contribution is -2.47. The minimum atomic E-state index is -0.766. The van der Waals surface area contributed by atoms with E-state index >= 15 is 0 Å². The zero-order valence-electron chi connectivity index (χ0n) is 19.1. The van der Waals surface area contributed by atoms with E-state index in [4.69, 9.17) is 27.9 Å². The second-order valence-corrected chi connectivity index (χ2v) is 9.17. The van der Waals surface area contributed by atoms with Gasteiger partial charge in [-0.2, -0.15) is 0 Å². The Morgan fingerprint density at radius 3 is 2.24 bits per heavy atom. The zero-order chi connectivity index (χ0) is 23.6. The van der Waals surface area contributed by atoms with Crippen molar-refractivity contribution in [3.8, 4) is 5.75 Å². The molecule has 7 heteroatoms. The topological polar surface area (TPSA) is 58.6 Å². The highest BCUT2D eigenvalue weighted by Crippen LogP contribution is 2.26. The number of rotatable bonds is 9. The molecular formula is C26H32Cl2N2O3. The van der Waals surface area contributed by atoms with Gasteiger partial charge in [0.2, 0.25) is 11.8 Å². The van der Waals surface area contributed by atoms with Gasteiger partial charge in [0.15, 0.2) is 0 Å². The van der Waals surface area contributed by atoms with Crippen LogP contribution < -0.4 is 10.1 Å². The summed E-state index contributed by atoms with van der Waals surface area (Å²) < 4.78 is 5.28. The van der Waals surface area contributed by atoms with Crippen LogP contribution in [-0.4, -0.2) is 42.3 Å². The van der Waals surface area contributed by atoms with Crippen LogP contribution in [0.2, 0.25) is 5.02 Å². The van der Waals surface area contributed by atoms with Crippen molar-refractivity contribution in [1.29, 1.82) is 0 Å². The minimum absolute atomic E-state index is 0.130. The molecule has 0 bridgehead atoms. The Hall–Kier alpha value is -2.24. The molecule has 5 nitrogen and oxygen atoms in total. The number of halogens is 2. The van der Waals surface area contributed by atoms with Crippen LogP contribution in [-0.2, 0) is 16.0 Å². The van der Waals surface area contributed by atoms with Crippen LogP contribution in [0.25, 0.3) is 0 Å². The molecule has 0 saturated heterocycles. The lowest BCUT2D eigenvalue weighted by molar-refractivity contribution is -0.139. The van der Waals surface area contributed by atoms with Crippen molar-refractivity contribution >= 4 is 35.0 Å². The van der Waals surface area contributed by atoms with Gasteiger partial charge in [-0.05, 0) is 54.7 Å². The Morgan fingerprint density at radius 1 is 1.03 bits per heavy atom. The first-order chi connectivity index (χ1) is 16.0. The summed E-state index contributed by atoms with van der Waals surface area (Å²) in [5.74, 6) is 0.0615. The summed E-state index contributed by atoms with van der Waals surface area (Å²) in [7, 11) is 1.60. The average Bonchev–Trinajstić information content (AvgIpc) is 3.11. The number of carbonyl (C=O) groups excluding carboxylic acids is 2. The third-order valence-corrected chi connectivity index (χ3v) is 6.66. The average molecular weight is 491 g/mol. The van der Waals surface area contributed by atoms with Crippen LogP contribution in [0, 0.1) is 0 Å². The third kappa shape index (κ3) is 7.38. The van der Waals surface area contributed by atoms with E-state index in [1.165, 1.54) is 12.8 Å². The third-order valence-electron chi connectivity index (χ3n) is 6.18. The summed E-state index contributed by atoms with van der Waals surface area (Å²) in [5, 5.41) is 3.89. The number of ether oxygens (including phenoxy) is 1. The summed E-state index contributed by atoms with van der Waals surface area (Å²) >= 11 is 12.0. The molecule has 0 spiro atoms. The molecule has 3 rings (SSSR count). The molecule has 1 N–H and O–H groups in total. The van der Waals surface area contributed by atoms with Gasteiger partial charge >= 0.3 is 0 Å². The van der Waals surface area contributed by atoms with Crippen LogP contribution in [0.5, 0.6) is 5.75 Å². The quantitative estimate of drug-likeness (QED) is 0.370. The van der Waals surface area contributed by atoms with Gasteiger partial charge in [0, 0.05) is 17.6 Å². The summed E-state index contributed by atoms with van der Waals surface area (Å²) in [5.41, 5.74) is 1.76. The molecule has 1 aliphatic rings. The van der Waals surface area contributed by atoms with Crippen molar-refractivity contribution < 1.29 is 14.3 Å². The van der Waals surface area contributed by atoms with E-state index in [2.05, 4.69) is 5.32 Å². The maximum Gasteiger partial charge on any atom is 0.247 e. The molecule has 0 aromatic heterocycles. The molecule has 0 aliphatic heterocycles. The summed E-state index contributed by atoms with van der Waals surface area (Å²) in [6, 6.07) is 14.2. The molecule has 1 atom stereocenters. The predicted octanol–water partition coefficient (Wildman–Crippen LogP) is 5.54. The molecule has 2 aromatic rings. The van der Waals surface area contributed by atoms with Gasteiger partial charge in [-0.3, -0.25) is 9.59 Å². The van der Waals surface area contributed by atoms with Crippen LogP contribution in [0.15, 0.2) is 48.5 Å². The van der Waals surface area contributed by atoms with Crippen molar-refractivity contribution in [3.63, 3.8) is 0 Å². The van der Waals surface area contributed by atoms with Crippen LogP contribution in [0.4, 0.5) is 0 Å². The molecule has 2 aromatic carbocycles.